The second-order valence-electron chi connectivity index (χ2n) is 4.54. The molecule has 0 radical (unpaired) electrons. The minimum absolute atomic E-state index is 0.806. The van der Waals surface area contributed by atoms with Gasteiger partial charge in [-0.25, -0.2) is 0 Å². The second kappa shape index (κ2) is 5.58. The first-order valence-electron chi connectivity index (χ1n) is 6.13. The molecular formula is C16H19NO. The summed E-state index contributed by atoms with van der Waals surface area (Å²) in [5.41, 5.74) is 4.82. The summed E-state index contributed by atoms with van der Waals surface area (Å²) in [6.45, 7) is 4.98. The van der Waals surface area contributed by atoms with Crippen LogP contribution in [0.3, 0.4) is 0 Å². The van der Waals surface area contributed by atoms with Gasteiger partial charge in [0.25, 0.3) is 0 Å². The van der Waals surface area contributed by atoms with Crippen molar-refractivity contribution in [1.82, 2.24) is 0 Å². The lowest BCUT2D eigenvalue weighted by molar-refractivity contribution is 0.416. The van der Waals surface area contributed by atoms with Crippen molar-refractivity contribution < 1.29 is 4.74 Å². The molecule has 2 aromatic carbocycles. The molecule has 2 aromatic rings. The molecule has 0 aliphatic rings. The molecule has 0 spiro atoms. The van der Waals surface area contributed by atoms with E-state index in [1.807, 2.05) is 6.07 Å². The summed E-state index contributed by atoms with van der Waals surface area (Å²) in [7, 11) is 1.70. The van der Waals surface area contributed by atoms with Gasteiger partial charge in [-0.05, 0) is 37.1 Å². The molecular weight excluding hydrogens is 222 g/mol. The van der Waals surface area contributed by atoms with Crippen LogP contribution in [0.4, 0.5) is 5.69 Å². The van der Waals surface area contributed by atoms with Crippen molar-refractivity contribution in [1.29, 1.82) is 0 Å². The molecule has 2 nitrogen and oxygen atoms in total. The summed E-state index contributed by atoms with van der Waals surface area (Å²) >= 11 is 0. The molecule has 0 aliphatic heterocycles. The van der Waals surface area contributed by atoms with Gasteiger partial charge in [0, 0.05) is 6.54 Å². The van der Waals surface area contributed by atoms with Crippen LogP contribution in [0.1, 0.15) is 16.7 Å². The first-order valence-corrected chi connectivity index (χ1v) is 6.13. The Hall–Kier alpha value is -1.96. The van der Waals surface area contributed by atoms with E-state index < -0.39 is 0 Å². The molecule has 0 aliphatic carbocycles. The molecule has 94 valence electrons. The third-order valence-corrected chi connectivity index (χ3v) is 2.96. The molecule has 1 N–H and O–H groups in total. The number of hydrogen-bond acceptors (Lipinski definition) is 2. The van der Waals surface area contributed by atoms with Crippen molar-refractivity contribution in [3.05, 3.63) is 59.2 Å². The highest BCUT2D eigenvalue weighted by molar-refractivity contribution is 5.58. The van der Waals surface area contributed by atoms with Gasteiger partial charge in [0.15, 0.2) is 0 Å². The SMILES string of the molecule is COc1ccc(C)cc1NCc1ccc(C)cc1. The minimum atomic E-state index is 0.806. The number of nitrogens with one attached hydrogen (secondary N) is 1. The zero-order chi connectivity index (χ0) is 13.0. The fraction of sp³-hybridized carbons (Fsp3) is 0.250. The normalized spacial score (nSPS) is 10.2. The quantitative estimate of drug-likeness (QED) is 0.875. The molecule has 2 heteroatoms. The fourth-order valence-corrected chi connectivity index (χ4v) is 1.86. The second-order valence-corrected chi connectivity index (χ2v) is 4.54. The van der Waals surface area contributed by atoms with E-state index in [2.05, 4.69) is 55.6 Å². The Labute approximate surface area is 109 Å². The Kier molecular flexibility index (Phi) is 3.88. The summed E-state index contributed by atoms with van der Waals surface area (Å²) in [4.78, 5) is 0. The van der Waals surface area contributed by atoms with Crippen LogP contribution < -0.4 is 10.1 Å². The van der Waals surface area contributed by atoms with Crippen LogP contribution in [0.5, 0.6) is 5.75 Å². The average Bonchev–Trinajstić information content (AvgIpc) is 2.38. The van der Waals surface area contributed by atoms with Crippen LogP contribution in [0.2, 0.25) is 0 Å². The maximum Gasteiger partial charge on any atom is 0.141 e. The summed E-state index contributed by atoms with van der Waals surface area (Å²) in [5, 5.41) is 3.42. The van der Waals surface area contributed by atoms with E-state index in [4.69, 9.17) is 4.74 Å². The van der Waals surface area contributed by atoms with Crippen LogP contribution in [0.15, 0.2) is 42.5 Å². The Morgan fingerprint density at radius 1 is 0.944 bits per heavy atom. The van der Waals surface area contributed by atoms with Crippen LogP contribution in [-0.2, 0) is 6.54 Å². The number of ether oxygens (including phenoxy) is 1. The summed E-state index contributed by atoms with van der Waals surface area (Å²) in [6, 6.07) is 14.7. The van der Waals surface area contributed by atoms with Gasteiger partial charge in [0.2, 0.25) is 0 Å². The summed E-state index contributed by atoms with van der Waals surface area (Å²) < 4.78 is 5.35. The zero-order valence-corrected chi connectivity index (χ0v) is 11.2. The van der Waals surface area contributed by atoms with Crippen molar-refractivity contribution in [3.63, 3.8) is 0 Å². The highest BCUT2D eigenvalue weighted by Crippen LogP contribution is 2.25. The first-order chi connectivity index (χ1) is 8.69. The lowest BCUT2D eigenvalue weighted by atomic mass is 10.1. The first kappa shape index (κ1) is 12.5. The van der Waals surface area contributed by atoms with Crippen molar-refractivity contribution >= 4 is 5.69 Å². The van der Waals surface area contributed by atoms with Crippen molar-refractivity contribution in [2.24, 2.45) is 0 Å². The molecule has 0 heterocycles. The van der Waals surface area contributed by atoms with Gasteiger partial charge < -0.3 is 10.1 Å². The van der Waals surface area contributed by atoms with Gasteiger partial charge in [0.05, 0.1) is 12.8 Å². The topological polar surface area (TPSA) is 21.3 Å². The van der Waals surface area contributed by atoms with Gasteiger partial charge in [-0.15, -0.1) is 0 Å². The van der Waals surface area contributed by atoms with Gasteiger partial charge in [0.1, 0.15) is 5.75 Å². The van der Waals surface area contributed by atoms with Gasteiger partial charge in [-0.3, -0.25) is 0 Å². The van der Waals surface area contributed by atoms with E-state index in [1.54, 1.807) is 7.11 Å². The highest BCUT2D eigenvalue weighted by Gasteiger charge is 2.02. The number of hydrogen-bond donors (Lipinski definition) is 1. The molecule has 0 unspecified atom stereocenters. The van der Waals surface area contributed by atoms with Crippen molar-refractivity contribution in [3.8, 4) is 5.75 Å². The lowest BCUT2D eigenvalue weighted by Crippen LogP contribution is -2.01. The van der Waals surface area contributed by atoms with Gasteiger partial charge in [-0.1, -0.05) is 35.9 Å². The van der Waals surface area contributed by atoms with E-state index in [9.17, 15) is 0 Å². The van der Waals surface area contributed by atoms with E-state index >= 15 is 0 Å². The Bertz CT molecular complexity index is 517. The van der Waals surface area contributed by atoms with Crippen LogP contribution in [-0.4, -0.2) is 7.11 Å². The van der Waals surface area contributed by atoms with E-state index in [-0.39, 0.29) is 0 Å². The molecule has 0 bridgehead atoms. The van der Waals surface area contributed by atoms with E-state index in [1.165, 1.54) is 16.7 Å². The predicted molar refractivity (Wildman–Crippen MR) is 76.2 cm³/mol. The predicted octanol–water partition coefficient (Wildman–Crippen LogP) is 3.92. The molecule has 2 rings (SSSR count). The highest BCUT2D eigenvalue weighted by atomic mass is 16.5. The van der Waals surface area contributed by atoms with Crippen LogP contribution in [0.25, 0.3) is 0 Å². The Morgan fingerprint density at radius 2 is 1.61 bits per heavy atom. The molecule has 0 fully saturated rings. The zero-order valence-electron chi connectivity index (χ0n) is 11.2. The van der Waals surface area contributed by atoms with Crippen LogP contribution >= 0.6 is 0 Å². The van der Waals surface area contributed by atoms with E-state index in [0.29, 0.717) is 0 Å². The third kappa shape index (κ3) is 3.04. The maximum atomic E-state index is 5.35. The fourth-order valence-electron chi connectivity index (χ4n) is 1.86. The van der Waals surface area contributed by atoms with Crippen molar-refractivity contribution in [2.75, 3.05) is 12.4 Å². The molecule has 0 atom stereocenters. The number of aryl methyl sites for hydroxylation is 2. The molecule has 18 heavy (non-hydrogen) atoms. The van der Waals surface area contributed by atoms with Crippen molar-refractivity contribution in [2.45, 2.75) is 20.4 Å². The smallest absolute Gasteiger partial charge is 0.141 e. The van der Waals surface area contributed by atoms with E-state index in [0.717, 1.165) is 18.0 Å². The molecule has 0 saturated carbocycles. The standard InChI is InChI=1S/C16H19NO/c1-12-4-7-14(8-5-12)11-17-15-10-13(2)6-9-16(15)18-3/h4-10,17H,11H2,1-3H3. The molecule has 0 amide bonds. The number of methoxy groups -OCH3 is 1. The number of rotatable bonds is 4. The van der Waals surface area contributed by atoms with Gasteiger partial charge in [-0.2, -0.15) is 0 Å². The average molecular weight is 241 g/mol. The number of benzene rings is 2. The minimum Gasteiger partial charge on any atom is -0.495 e. The maximum absolute atomic E-state index is 5.35. The third-order valence-electron chi connectivity index (χ3n) is 2.96. The van der Waals surface area contributed by atoms with Gasteiger partial charge >= 0.3 is 0 Å². The molecule has 0 aromatic heterocycles. The monoisotopic (exact) mass is 241 g/mol. The summed E-state index contributed by atoms with van der Waals surface area (Å²) in [6.07, 6.45) is 0. The lowest BCUT2D eigenvalue weighted by Gasteiger charge is -2.12. The Morgan fingerprint density at radius 3 is 2.28 bits per heavy atom. The van der Waals surface area contributed by atoms with Crippen LogP contribution in [0, 0.1) is 13.8 Å². The number of anilines is 1. The Balaban J connectivity index is 2.09. The summed E-state index contributed by atoms with van der Waals surface area (Å²) in [5.74, 6) is 0.882. The molecule has 0 saturated heterocycles. The largest absolute Gasteiger partial charge is 0.495 e.